The van der Waals surface area contributed by atoms with Crippen LogP contribution in [0, 0.1) is 0 Å². The fourth-order valence-corrected chi connectivity index (χ4v) is 4.45. The van der Waals surface area contributed by atoms with Gasteiger partial charge in [0.05, 0.1) is 16.8 Å². The van der Waals surface area contributed by atoms with Crippen molar-refractivity contribution in [2.45, 2.75) is 44.0 Å². The Bertz CT molecular complexity index is 921. The van der Waals surface area contributed by atoms with E-state index in [1.54, 1.807) is 32.2 Å². The van der Waals surface area contributed by atoms with Gasteiger partial charge in [-0.3, -0.25) is 4.79 Å². The van der Waals surface area contributed by atoms with E-state index >= 15 is 0 Å². The fourth-order valence-electron chi connectivity index (χ4n) is 3.16. The number of pyridine rings is 1. The summed E-state index contributed by atoms with van der Waals surface area (Å²) in [4.78, 5) is 19.3. The van der Waals surface area contributed by atoms with Gasteiger partial charge in [-0.25, -0.2) is 18.1 Å². The van der Waals surface area contributed by atoms with Crippen molar-refractivity contribution in [3.63, 3.8) is 0 Å². The number of rotatable bonds is 6. The van der Waals surface area contributed by atoms with E-state index in [1.165, 1.54) is 31.4 Å². The SMILES string of the molecule is CC(C)NS(=O)(=O)c1cccc(C(=O)Nc2ccc(N3CCCCC3)nc2)c1. The molecule has 2 aromatic rings. The molecule has 1 amide bonds. The highest BCUT2D eigenvalue weighted by atomic mass is 32.2. The molecule has 7 nitrogen and oxygen atoms in total. The molecule has 0 atom stereocenters. The van der Waals surface area contributed by atoms with E-state index in [2.05, 4.69) is 19.9 Å². The zero-order valence-corrected chi connectivity index (χ0v) is 17.0. The minimum Gasteiger partial charge on any atom is -0.357 e. The van der Waals surface area contributed by atoms with Gasteiger partial charge in [-0.2, -0.15) is 0 Å². The van der Waals surface area contributed by atoms with Crippen LogP contribution in [0.4, 0.5) is 11.5 Å². The lowest BCUT2D eigenvalue weighted by Crippen LogP contribution is -2.30. The number of aromatic nitrogens is 1. The minimum absolute atomic E-state index is 0.0624. The standard InChI is InChI=1S/C20H26N4O3S/c1-15(2)23-28(26,27)18-8-6-7-16(13-18)20(25)22-17-9-10-19(21-14-17)24-11-4-3-5-12-24/h6-10,13-15,23H,3-5,11-12H2,1-2H3,(H,22,25). The van der Waals surface area contributed by atoms with Gasteiger partial charge in [-0.05, 0) is 63.4 Å². The number of hydrogen-bond acceptors (Lipinski definition) is 5. The summed E-state index contributed by atoms with van der Waals surface area (Å²) in [6, 6.07) is 9.46. The van der Waals surface area contributed by atoms with Crippen LogP contribution >= 0.6 is 0 Å². The number of benzene rings is 1. The van der Waals surface area contributed by atoms with Gasteiger partial charge in [0.25, 0.3) is 5.91 Å². The van der Waals surface area contributed by atoms with Gasteiger partial charge in [0, 0.05) is 24.7 Å². The Labute approximate surface area is 166 Å². The quantitative estimate of drug-likeness (QED) is 0.775. The number of carbonyl (C=O) groups excluding carboxylic acids is 1. The van der Waals surface area contributed by atoms with Crippen molar-refractivity contribution in [1.82, 2.24) is 9.71 Å². The van der Waals surface area contributed by atoms with Crippen molar-refractivity contribution in [1.29, 1.82) is 0 Å². The predicted octanol–water partition coefficient (Wildman–Crippen LogP) is 3.01. The molecular weight excluding hydrogens is 376 g/mol. The molecule has 1 fully saturated rings. The van der Waals surface area contributed by atoms with Crippen molar-refractivity contribution < 1.29 is 13.2 Å². The van der Waals surface area contributed by atoms with Crippen LogP contribution in [-0.2, 0) is 10.0 Å². The third-order valence-corrected chi connectivity index (χ3v) is 6.14. The van der Waals surface area contributed by atoms with Crippen LogP contribution in [0.2, 0.25) is 0 Å². The highest BCUT2D eigenvalue weighted by molar-refractivity contribution is 7.89. The molecule has 0 spiro atoms. The number of amides is 1. The van der Waals surface area contributed by atoms with E-state index in [1.807, 2.05) is 12.1 Å². The molecule has 0 radical (unpaired) electrons. The topological polar surface area (TPSA) is 91.4 Å². The number of nitrogens with zero attached hydrogens (tertiary/aromatic N) is 2. The van der Waals surface area contributed by atoms with Gasteiger partial charge in [-0.1, -0.05) is 6.07 Å². The fraction of sp³-hybridized carbons (Fsp3) is 0.400. The second-order valence-corrected chi connectivity index (χ2v) is 8.92. The van der Waals surface area contributed by atoms with E-state index in [-0.39, 0.29) is 22.4 Å². The zero-order chi connectivity index (χ0) is 20.1. The molecule has 0 unspecified atom stereocenters. The molecule has 3 rings (SSSR count). The average molecular weight is 403 g/mol. The van der Waals surface area contributed by atoms with Gasteiger partial charge >= 0.3 is 0 Å². The summed E-state index contributed by atoms with van der Waals surface area (Å²) >= 11 is 0. The molecule has 1 aliphatic heterocycles. The van der Waals surface area contributed by atoms with Crippen molar-refractivity contribution in [3.8, 4) is 0 Å². The van der Waals surface area contributed by atoms with Gasteiger partial charge in [0.2, 0.25) is 10.0 Å². The number of piperidine rings is 1. The average Bonchev–Trinajstić information content (AvgIpc) is 2.68. The Balaban J connectivity index is 1.70. The lowest BCUT2D eigenvalue weighted by molar-refractivity contribution is 0.102. The molecule has 0 saturated carbocycles. The van der Waals surface area contributed by atoms with Gasteiger partial charge < -0.3 is 10.2 Å². The maximum atomic E-state index is 12.5. The van der Waals surface area contributed by atoms with Crippen LogP contribution in [0.25, 0.3) is 0 Å². The maximum absolute atomic E-state index is 12.5. The van der Waals surface area contributed by atoms with Crippen molar-refractivity contribution in [3.05, 3.63) is 48.2 Å². The third-order valence-electron chi connectivity index (χ3n) is 4.48. The first-order valence-corrected chi connectivity index (χ1v) is 11.0. The second-order valence-electron chi connectivity index (χ2n) is 7.21. The summed E-state index contributed by atoms with van der Waals surface area (Å²) in [7, 11) is -3.65. The first-order valence-electron chi connectivity index (χ1n) is 9.50. The molecule has 0 aliphatic carbocycles. The van der Waals surface area contributed by atoms with Crippen LogP contribution < -0.4 is 14.9 Å². The Morgan fingerprint density at radius 2 is 1.86 bits per heavy atom. The Morgan fingerprint density at radius 1 is 1.11 bits per heavy atom. The molecule has 1 aromatic carbocycles. The molecular formula is C20H26N4O3S. The van der Waals surface area contributed by atoms with Crippen molar-refractivity contribution >= 4 is 27.4 Å². The highest BCUT2D eigenvalue weighted by Crippen LogP contribution is 2.20. The number of hydrogen-bond donors (Lipinski definition) is 2. The molecule has 1 aromatic heterocycles. The third kappa shape index (κ3) is 5.08. The van der Waals surface area contributed by atoms with E-state index < -0.39 is 10.0 Å². The van der Waals surface area contributed by atoms with Crippen molar-refractivity contribution in [2.24, 2.45) is 0 Å². The van der Waals surface area contributed by atoms with Gasteiger partial charge in [0.1, 0.15) is 5.82 Å². The first kappa shape index (κ1) is 20.3. The maximum Gasteiger partial charge on any atom is 0.255 e. The number of sulfonamides is 1. The molecule has 0 bridgehead atoms. The smallest absolute Gasteiger partial charge is 0.255 e. The molecule has 8 heteroatoms. The first-order chi connectivity index (χ1) is 13.3. The normalized spacial score (nSPS) is 14.9. The molecule has 1 saturated heterocycles. The number of anilines is 2. The van der Waals surface area contributed by atoms with E-state index in [9.17, 15) is 13.2 Å². The monoisotopic (exact) mass is 402 g/mol. The lowest BCUT2D eigenvalue weighted by atomic mass is 10.1. The van der Waals surface area contributed by atoms with E-state index in [4.69, 9.17) is 0 Å². The molecule has 28 heavy (non-hydrogen) atoms. The van der Waals surface area contributed by atoms with Gasteiger partial charge in [0.15, 0.2) is 0 Å². The minimum atomic E-state index is -3.65. The lowest BCUT2D eigenvalue weighted by Gasteiger charge is -2.27. The predicted molar refractivity (Wildman–Crippen MR) is 110 cm³/mol. The Morgan fingerprint density at radius 3 is 2.50 bits per heavy atom. The second kappa shape index (κ2) is 8.70. The molecule has 1 aliphatic rings. The summed E-state index contributed by atoms with van der Waals surface area (Å²) in [5.74, 6) is 0.527. The summed E-state index contributed by atoms with van der Waals surface area (Å²) in [6.07, 6.45) is 5.23. The molecule has 150 valence electrons. The molecule has 2 heterocycles. The highest BCUT2D eigenvalue weighted by Gasteiger charge is 2.18. The van der Waals surface area contributed by atoms with Crippen LogP contribution in [0.5, 0.6) is 0 Å². The Kier molecular flexibility index (Phi) is 6.31. The summed E-state index contributed by atoms with van der Waals surface area (Å²) < 4.78 is 27.1. The largest absolute Gasteiger partial charge is 0.357 e. The van der Waals surface area contributed by atoms with Crippen LogP contribution in [0.1, 0.15) is 43.5 Å². The van der Waals surface area contributed by atoms with Crippen molar-refractivity contribution in [2.75, 3.05) is 23.3 Å². The van der Waals surface area contributed by atoms with E-state index in [0.717, 1.165) is 18.9 Å². The summed E-state index contributed by atoms with van der Waals surface area (Å²) in [6.45, 7) is 5.50. The van der Waals surface area contributed by atoms with E-state index in [0.29, 0.717) is 5.69 Å². The van der Waals surface area contributed by atoms with Crippen LogP contribution in [-0.4, -0.2) is 38.4 Å². The molecule has 2 N–H and O–H groups in total. The number of nitrogens with one attached hydrogen (secondary N) is 2. The zero-order valence-electron chi connectivity index (χ0n) is 16.2. The summed E-state index contributed by atoms with van der Waals surface area (Å²) in [5, 5.41) is 2.77. The summed E-state index contributed by atoms with van der Waals surface area (Å²) in [5.41, 5.74) is 0.839. The number of carbonyl (C=O) groups is 1. The van der Waals surface area contributed by atoms with Crippen LogP contribution in [0.3, 0.4) is 0 Å². The van der Waals surface area contributed by atoms with Crippen LogP contribution in [0.15, 0.2) is 47.5 Å². The Hall–Kier alpha value is -2.45. The van der Waals surface area contributed by atoms with Gasteiger partial charge in [-0.15, -0.1) is 0 Å².